The largest absolute Gasteiger partial charge is 0.493 e. The molecule has 4 heteroatoms. The van der Waals surface area contributed by atoms with E-state index >= 15 is 0 Å². The van der Waals surface area contributed by atoms with E-state index in [9.17, 15) is 0 Å². The van der Waals surface area contributed by atoms with E-state index in [2.05, 4.69) is 36.4 Å². The van der Waals surface area contributed by atoms with Gasteiger partial charge in [0.05, 0.1) is 32.7 Å². The molecule has 0 saturated heterocycles. The van der Waals surface area contributed by atoms with Gasteiger partial charge in [-0.15, -0.1) is 0 Å². The predicted octanol–water partition coefficient (Wildman–Crippen LogP) is 6.11. The molecular weight excluding hydrogens is 374 g/mol. The molecule has 0 aliphatic heterocycles. The molecule has 150 valence electrons. The number of pyridine rings is 1. The molecule has 0 aliphatic carbocycles. The zero-order chi connectivity index (χ0) is 20.9. The quantitative estimate of drug-likeness (QED) is 0.394. The molecule has 0 atom stereocenters. The Morgan fingerprint density at radius 2 is 1.07 bits per heavy atom. The third kappa shape index (κ3) is 3.72. The van der Waals surface area contributed by atoms with Crippen molar-refractivity contribution in [2.24, 2.45) is 0 Å². The van der Waals surface area contributed by atoms with Gasteiger partial charge in [0.1, 0.15) is 0 Å². The van der Waals surface area contributed by atoms with Crippen molar-refractivity contribution < 1.29 is 14.2 Å². The minimum Gasteiger partial charge on any atom is -0.493 e. The maximum atomic E-state index is 5.73. The molecule has 0 radical (unpaired) electrons. The molecule has 0 spiro atoms. The van der Waals surface area contributed by atoms with E-state index in [-0.39, 0.29) is 0 Å². The SMILES string of the molecule is COc1ccc(-c2cc(-c3ccccc3)nc(-c3ccccc3)c2)c(OC)c1OC. The van der Waals surface area contributed by atoms with E-state index in [1.807, 2.05) is 48.5 Å². The van der Waals surface area contributed by atoms with Crippen LogP contribution in [0.2, 0.25) is 0 Å². The van der Waals surface area contributed by atoms with Crippen molar-refractivity contribution in [1.82, 2.24) is 4.98 Å². The second kappa shape index (κ2) is 8.70. The normalized spacial score (nSPS) is 10.5. The molecule has 4 nitrogen and oxygen atoms in total. The Hall–Kier alpha value is -3.79. The molecule has 0 saturated carbocycles. The van der Waals surface area contributed by atoms with E-state index in [0.29, 0.717) is 17.2 Å². The van der Waals surface area contributed by atoms with Crippen molar-refractivity contribution in [2.45, 2.75) is 0 Å². The van der Waals surface area contributed by atoms with Crippen LogP contribution < -0.4 is 14.2 Å². The second-order valence-electron chi connectivity index (χ2n) is 6.74. The summed E-state index contributed by atoms with van der Waals surface area (Å²) in [4.78, 5) is 4.93. The molecule has 0 fully saturated rings. The molecule has 0 bridgehead atoms. The Bertz CT molecular complexity index is 1080. The molecule has 3 aromatic carbocycles. The van der Waals surface area contributed by atoms with E-state index in [0.717, 1.165) is 33.6 Å². The number of rotatable bonds is 6. The summed E-state index contributed by atoms with van der Waals surface area (Å²) in [5.41, 5.74) is 5.78. The van der Waals surface area contributed by atoms with Crippen molar-refractivity contribution in [3.05, 3.63) is 84.9 Å². The van der Waals surface area contributed by atoms with Gasteiger partial charge in [-0.05, 0) is 29.8 Å². The first-order chi connectivity index (χ1) is 14.7. The van der Waals surface area contributed by atoms with Crippen LogP contribution in [0.1, 0.15) is 0 Å². The van der Waals surface area contributed by atoms with E-state index in [4.69, 9.17) is 19.2 Å². The van der Waals surface area contributed by atoms with E-state index in [1.54, 1.807) is 21.3 Å². The number of methoxy groups -OCH3 is 3. The summed E-state index contributed by atoms with van der Waals surface area (Å²) in [6.45, 7) is 0. The fraction of sp³-hybridized carbons (Fsp3) is 0.115. The average molecular weight is 397 g/mol. The van der Waals surface area contributed by atoms with Gasteiger partial charge in [-0.3, -0.25) is 0 Å². The fourth-order valence-electron chi connectivity index (χ4n) is 3.53. The molecule has 4 rings (SSSR count). The first kappa shape index (κ1) is 19.5. The van der Waals surface area contributed by atoms with Crippen LogP contribution in [0.3, 0.4) is 0 Å². The third-order valence-electron chi connectivity index (χ3n) is 4.98. The highest BCUT2D eigenvalue weighted by Crippen LogP contribution is 2.45. The van der Waals surface area contributed by atoms with Gasteiger partial charge in [-0.2, -0.15) is 0 Å². The maximum Gasteiger partial charge on any atom is 0.203 e. The van der Waals surface area contributed by atoms with Crippen molar-refractivity contribution in [3.8, 4) is 50.9 Å². The Kier molecular flexibility index (Phi) is 5.66. The van der Waals surface area contributed by atoms with Crippen molar-refractivity contribution in [2.75, 3.05) is 21.3 Å². The van der Waals surface area contributed by atoms with Crippen LogP contribution in [-0.2, 0) is 0 Å². The summed E-state index contributed by atoms with van der Waals surface area (Å²) in [5.74, 6) is 1.82. The minimum atomic E-state index is 0.567. The van der Waals surface area contributed by atoms with Crippen LogP contribution in [0.5, 0.6) is 17.2 Å². The number of nitrogens with zero attached hydrogens (tertiary/aromatic N) is 1. The lowest BCUT2D eigenvalue weighted by Crippen LogP contribution is -1.98. The zero-order valence-electron chi connectivity index (χ0n) is 17.3. The summed E-state index contributed by atoms with van der Waals surface area (Å²) in [7, 11) is 4.87. The van der Waals surface area contributed by atoms with Crippen LogP contribution in [0.25, 0.3) is 33.6 Å². The van der Waals surface area contributed by atoms with Gasteiger partial charge in [0.2, 0.25) is 5.75 Å². The fourth-order valence-corrected chi connectivity index (χ4v) is 3.53. The predicted molar refractivity (Wildman–Crippen MR) is 120 cm³/mol. The average Bonchev–Trinajstić information content (AvgIpc) is 2.83. The Morgan fingerprint density at radius 3 is 1.53 bits per heavy atom. The van der Waals surface area contributed by atoms with E-state index < -0.39 is 0 Å². The topological polar surface area (TPSA) is 40.6 Å². The lowest BCUT2D eigenvalue weighted by Gasteiger charge is -2.17. The van der Waals surface area contributed by atoms with Gasteiger partial charge in [0, 0.05) is 16.7 Å². The zero-order valence-corrected chi connectivity index (χ0v) is 17.3. The summed E-state index contributed by atoms with van der Waals surface area (Å²) >= 11 is 0. The summed E-state index contributed by atoms with van der Waals surface area (Å²) < 4.78 is 16.8. The summed E-state index contributed by atoms with van der Waals surface area (Å²) in [5, 5.41) is 0. The Morgan fingerprint density at radius 1 is 0.533 bits per heavy atom. The molecule has 0 N–H and O–H groups in total. The Labute approximate surface area is 176 Å². The van der Waals surface area contributed by atoms with Gasteiger partial charge in [-0.25, -0.2) is 4.98 Å². The van der Waals surface area contributed by atoms with Crippen molar-refractivity contribution in [1.29, 1.82) is 0 Å². The number of hydrogen-bond donors (Lipinski definition) is 0. The van der Waals surface area contributed by atoms with Crippen LogP contribution in [0.4, 0.5) is 0 Å². The van der Waals surface area contributed by atoms with Gasteiger partial charge in [0.25, 0.3) is 0 Å². The smallest absolute Gasteiger partial charge is 0.203 e. The summed E-state index contributed by atoms with van der Waals surface area (Å²) in [6, 6.07) is 28.3. The van der Waals surface area contributed by atoms with Gasteiger partial charge in [-0.1, -0.05) is 60.7 Å². The first-order valence-corrected chi connectivity index (χ1v) is 9.67. The number of hydrogen-bond acceptors (Lipinski definition) is 4. The van der Waals surface area contributed by atoms with Crippen LogP contribution in [0.15, 0.2) is 84.9 Å². The number of aromatic nitrogens is 1. The van der Waals surface area contributed by atoms with Crippen LogP contribution in [-0.4, -0.2) is 26.3 Å². The monoisotopic (exact) mass is 397 g/mol. The number of ether oxygens (including phenoxy) is 3. The standard InChI is InChI=1S/C26H23NO3/c1-28-24-15-14-21(25(29-2)26(24)30-3)20-16-22(18-10-6-4-7-11-18)27-23(17-20)19-12-8-5-9-13-19/h4-17H,1-3H3. The van der Waals surface area contributed by atoms with Gasteiger partial charge in [0.15, 0.2) is 11.5 Å². The highest BCUT2D eigenvalue weighted by molar-refractivity contribution is 5.82. The molecule has 1 heterocycles. The molecule has 1 aromatic heterocycles. The van der Waals surface area contributed by atoms with Crippen LogP contribution >= 0.6 is 0 Å². The lowest BCUT2D eigenvalue weighted by molar-refractivity contribution is 0.325. The van der Waals surface area contributed by atoms with Crippen LogP contribution in [0, 0.1) is 0 Å². The highest BCUT2D eigenvalue weighted by atomic mass is 16.5. The molecule has 4 aromatic rings. The molecule has 0 unspecified atom stereocenters. The molecule has 30 heavy (non-hydrogen) atoms. The third-order valence-corrected chi connectivity index (χ3v) is 4.98. The highest BCUT2D eigenvalue weighted by Gasteiger charge is 2.18. The minimum absolute atomic E-state index is 0.567. The molecular formula is C26H23NO3. The molecule has 0 amide bonds. The maximum absolute atomic E-state index is 5.73. The van der Waals surface area contributed by atoms with Crippen molar-refractivity contribution >= 4 is 0 Å². The van der Waals surface area contributed by atoms with Gasteiger partial charge < -0.3 is 14.2 Å². The van der Waals surface area contributed by atoms with Crippen molar-refractivity contribution in [3.63, 3.8) is 0 Å². The van der Waals surface area contributed by atoms with E-state index in [1.165, 1.54) is 0 Å². The first-order valence-electron chi connectivity index (χ1n) is 9.67. The molecule has 0 aliphatic rings. The summed E-state index contributed by atoms with van der Waals surface area (Å²) in [6.07, 6.45) is 0. The lowest BCUT2D eigenvalue weighted by atomic mass is 9.98. The van der Waals surface area contributed by atoms with Gasteiger partial charge >= 0.3 is 0 Å². The second-order valence-corrected chi connectivity index (χ2v) is 6.74. The Balaban J connectivity index is 1.96. The number of benzene rings is 3.